The highest BCUT2D eigenvalue weighted by molar-refractivity contribution is 5.93. The predicted molar refractivity (Wildman–Crippen MR) is 53.8 cm³/mol. The van der Waals surface area contributed by atoms with Crippen molar-refractivity contribution in [1.29, 1.82) is 0 Å². The molecule has 0 amide bonds. The van der Waals surface area contributed by atoms with Gasteiger partial charge in [0.1, 0.15) is 11.3 Å². The van der Waals surface area contributed by atoms with Crippen molar-refractivity contribution < 1.29 is 15.0 Å². The number of hydrogen-bond acceptors (Lipinski definition) is 2. The summed E-state index contributed by atoms with van der Waals surface area (Å²) in [6, 6.07) is 3.54. The highest BCUT2D eigenvalue weighted by Gasteiger charge is 2.16. The number of carbonyl (C=O) groups is 1. The average molecular weight is 194 g/mol. The van der Waals surface area contributed by atoms with E-state index >= 15 is 0 Å². The van der Waals surface area contributed by atoms with Crippen LogP contribution in [0.1, 0.15) is 35.3 Å². The van der Waals surface area contributed by atoms with Gasteiger partial charge < -0.3 is 10.2 Å². The van der Waals surface area contributed by atoms with Crippen molar-refractivity contribution >= 4 is 5.97 Å². The van der Waals surface area contributed by atoms with E-state index in [-0.39, 0.29) is 11.3 Å². The molecule has 0 heterocycles. The Morgan fingerprint density at radius 2 is 1.71 bits per heavy atom. The maximum atomic E-state index is 10.9. The van der Waals surface area contributed by atoms with Gasteiger partial charge >= 0.3 is 5.97 Å². The minimum atomic E-state index is -1.06. The SMILES string of the molecule is CCc1ccc(CC)c(C(=O)O)c1O. The van der Waals surface area contributed by atoms with Gasteiger partial charge in [0.15, 0.2) is 0 Å². The number of aromatic hydroxyl groups is 1. The van der Waals surface area contributed by atoms with Gasteiger partial charge in [0.2, 0.25) is 0 Å². The van der Waals surface area contributed by atoms with Gasteiger partial charge in [-0.15, -0.1) is 0 Å². The first-order chi connectivity index (χ1) is 6.61. The van der Waals surface area contributed by atoms with Crippen LogP contribution in [0.5, 0.6) is 5.75 Å². The Labute approximate surface area is 83.0 Å². The third-order valence-corrected chi connectivity index (χ3v) is 2.32. The van der Waals surface area contributed by atoms with E-state index in [0.29, 0.717) is 24.0 Å². The van der Waals surface area contributed by atoms with Crippen molar-refractivity contribution in [1.82, 2.24) is 0 Å². The van der Waals surface area contributed by atoms with Crippen molar-refractivity contribution in [3.8, 4) is 5.75 Å². The summed E-state index contributed by atoms with van der Waals surface area (Å²) in [6.07, 6.45) is 1.25. The second kappa shape index (κ2) is 4.13. The van der Waals surface area contributed by atoms with E-state index in [0.717, 1.165) is 0 Å². The number of phenols is 1. The maximum Gasteiger partial charge on any atom is 0.339 e. The molecule has 0 bridgehead atoms. The molecule has 76 valence electrons. The third-order valence-electron chi connectivity index (χ3n) is 2.32. The molecule has 0 aliphatic heterocycles. The zero-order valence-electron chi connectivity index (χ0n) is 8.37. The van der Waals surface area contributed by atoms with E-state index in [1.165, 1.54) is 0 Å². The summed E-state index contributed by atoms with van der Waals surface area (Å²) in [5, 5.41) is 18.6. The van der Waals surface area contributed by atoms with E-state index in [1.54, 1.807) is 12.1 Å². The molecule has 1 aromatic rings. The predicted octanol–water partition coefficient (Wildman–Crippen LogP) is 2.22. The molecule has 0 fully saturated rings. The molecule has 0 unspecified atom stereocenters. The molecule has 0 saturated carbocycles. The van der Waals surface area contributed by atoms with Gasteiger partial charge in [-0.2, -0.15) is 0 Å². The highest BCUT2D eigenvalue weighted by atomic mass is 16.4. The highest BCUT2D eigenvalue weighted by Crippen LogP contribution is 2.26. The summed E-state index contributed by atoms with van der Waals surface area (Å²) in [7, 11) is 0. The first kappa shape index (κ1) is 10.6. The quantitative estimate of drug-likeness (QED) is 0.775. The summed E-state index contributed by atoms with van der Waals surface area (Å²) < 4.78 is 0. The lowest BCUT2D eigenvalue weighted by molar-refractivity contribution is 0.0692. The average Bonchev–Trinajstić information content (AvgIpc) is 2.16. The normalized spacial score (nSPS) is 10.1. The first-order valence-electron chi connectivity index (χ1n) is 4.68. The fourth-order valence-corrected chi connectivity index (χ4v) is 1.49. The lowest BCUT2D eigenvalue weighted by Gasteiger charge is -2.09. The van der Waals surface area contributed by atoms with Gasteiger partial charge in [0, 0.05) is 0 Å². The zero-order valence-corrected chi connectivity index (χ0v) is 8.37. The van der Waals surface area contributed by atoms with Crippen molar-refractivity contribution in [3.63, 3.8) is 0 Å². The number of aryl methyl sites for hydroxylation is 2. The molecule has 0 radical (unpaired) electrons. The van der Waals surface area contributed by atoms with E-state index < -0.39 is 5.97 Å². The standard InChI is InChI=1S/C11H14O3/c1-3-7-5-6-8(4-2)10(12)9(7)11(13)14/h5-6,12H,3-4H2,1-2H3,(H,13,14). The van der Waals surface area contributed by atoms with Crippen LogP contribution in [0, 0.1) is 0 Å². The summed E-state index contributed by atoms with van der Waals surface area (Å²) >= 11 is 0. The molecule has 2 N–H and O–H groups in total. The molecule has 0 atom stereocenters. The Hall–Kier alpha value is -1.51. The molecule has 3 heteroatoms. The van der Waals surface area contributed by atoms with E-state index in [9.17, 15) is 9.90 Å². The zero-order chi connectivity index (χ0) is 10.7. The molecular weight excluding hydrogens is 180 g/mol. The molecule has 0 spiro atoms. The number of carboxylic acids is 1. The number of aromatic carboxylic acids is 1. The lowest BCUT2D eigenvalue weighted by atomic mass is 9.99. The minimum absolute atomic E-state index is 0.0480. The molecule has 3 nitrogen and oxygen atoms in total. The smallest absolute Gasteiger partial charge is 0.339 e. The van der Waals surface area contributed by atoms with Gasteiger partial charge in [-0.25, -0.2) is 4.79 Å². The van der Waals surface area contributed by atoms with E-state index in [2.05, 4.69) is 0 Å². The third kappa shape index (κ3) is 1.71. The molecule has 1 aromatic carbocycles. The molecular formula is C11H14O3. The fraction of sp³-hybridized carbons (Fsp3) is 0.364. The summed E-state index contributed by atoms with van der Waals surface area (Å²) in [5.74, 6) is -1.14. The van der Waals surface area contributed by atoms with Gasteiger partial charge in [-0.3, -0.25) is 0 Å². The molecule has 0 aliphatic rings. The van der Waals surface area contributed by atoms with Crippen molar-refractivity contribution in [2.45, 2.75) is 26.7 Å². The van der Waals surface area contributed by atoms with Crippen LogP contribution >= 0.6 is 0 Å². The van der Waals surface area contributed by atoms with Crippen LogP contribution < -0.4 is 0 Å². The number of hydrogen-bond donors (Lipinski definition) is 2. The number of carboxylic acid groups (broad SMARTS) is 1. The van der Waals surface area contributed by atoms with Crippen molar-refractivity contribution in [2.24, 2.45) is 0 Å². The van der Waals surface area contributed by atoms with Gasteiger partial charge in [-0.05, 0) is 24.0 Å². The lowest BCUT2D eigenvalue weighted by Crippen LogP contribution is -2.04. The van der Waals surface area contributed by atoms with Crippen LogP contribution in [0.3, 0.4) is 0 Å². The van der Waals surface area contributed by atoms with Crippen molar-refractivity contribution in [3.05, 3.63) is 28.8 Å². The number of rotatable bonds is 3. The topological polar surface area (TPSA) is 57.5 Å². The molecule has 0 aliphatic carbocycles. The van der Waals surface area contributed by atoms with Crippen LogP contribution in [0.15, 0.2) is 12.1 Å². The Balaban J connectivity index is 3.39. The summed E-state index contributed by atoms with van der Waals surface area (Å²) in [4.78, 5) is 10.9. The first-order valence-corrected chi connectivity index (χ1v) is 4.68. The van der Waals surface area contributed by atoms with E-state index in [1.807, 2.05) is 13.8 Å². The molecule has 14 heavy (non-hydrogen) atoms. The Bertz CT molecular complexity index is 356. The molecule has 1 rings (SSSR count). The number of benzene rings is 1. The Kier molecular flexibility index (Phi) is 3.12. The van der Waals surface area contributed by atoms with Crippen LogP contribution in [-0.2, 0) is 12.8 Å². The molecule has 0 aromatic heterocycles. The Morgan fingerprint density at radius 3 is 2.14 bits per heavy atom. The second-order valence-electron chi connectivity index (χ2n) is 3.12. The van der Waals surface area contributed by atoms with Gasteiger partial charge in [-0.1, -0.05) is 26.0 Å². The largest absolute Gasteiger partial charge is 0.507 e. The van der Waals surface area contributed by atoms with Crippen LogP contribution in [-0.4, -0.2) is 16.2 Å². The van der Waals surface area contributed by atoms with Crippen LogP contribution in [0.4, 0.5) is 0 Å². The molecule has 0 saturated heterocycles. The summed E-state index contributed by atoms with van der Waals surface area (Å²) in [5.41, 5.74) is 1.40. The fourth-order valence-electron chi connectivity index (χ4n) is 1.49. The van der Waals surface area contributed by atoms with Gasteiger partial charge in [0.25, 0.3) is 0 Å². The van der Waals surface area contributed by atoms with Gasteiger partial charge in [0.05, 0.1) is 0 Å². The monoisotopic (exact) mass is 194 g/mol. The van der Waals surface area contributed by atoms with Crippen molar-refractivity contribution in [2.75, 3.05) is 0 Å². The Morgan fingerprint density at radius 1 is 1.21 bits per heavy atom. The summed E-state index contributed by atoms with van der Waals surface area (Å²) in [6.45, 7) is 3.75. The second-order valence-corrected chi connectivity index (χ2v) is 3.12. The van der Waals surface area contributed by atoms with Crippen LogP contribution in [0.2, 0.25) is 0 Å². The minimum Gasteiger partial charge on any atom is -0.507 e. The van der Waals surface area contributed by atoms with Crippen LogP contribution in [0.25, 0.3) is 0 Å². The maximum absolute atomic E-state index is 10.9. The van der Waals surface area contributed by atoms with E-state index in [4.69, 9.17) is 5.11 Å².